The molecular formula is C21H18ClNO3. The fourth-order valence-electron chi connectivity index (χ4n) is 2.71. The summed E-state index contributed by atoms with van der Waals surface area (Å²) in [5.74, 6) is 0.227. The van der Waals surface area contributed by atoms with Crippen LogP contribution in [0.2, 0.25) is 5.02 Å². The van der Waals surface area contributed by atoms with Crippen LogP contribution >= 0.6 is 11.6 Å². The smallest absolute Gasteiger partial charge is 0.449 e. The van der Waals surface area contributed by atoms with E-state index < -0.39 is 6.16 Å². The van der Waals surface area contributed by atoms with Crippen LogP contribution in [0.5, 0.6) is 5.75 Å². The van der Waals surface area contributed by atoms with Gasteiger partial charge < -0.3 is 9.84 Å². The zero-order valence-electron chi connectivity index (χ0n) is 14.3. The zero-order chi connectivity index (χ0) is 18.5. The molecule has 0 saturated heterocycles. The van der Waals surface area contributed by atoms with Gasteiger partial charge in [-0.25, -0.2) is 9.78 Å². The molecule has 1 aromatic heterocycles. The molecule has 5 heteroatoms. The largest absolute Gasteiger partial charge is 0.511 e. The van der Waals surface area contributed by atoms with E-state index in [1.807, 2.05) is 24.3 Å². The Balaban J connectivity index is 2.04. The molecule has 0 radical (unpaired) electrons. The van der Waals surface area contributed by atoms with E-state index in [0.29, 0.717) is 16.4 Å². The molecule has 26 heavy (non-hydrogen) atoms. The van der Waals surface area contributed by atoms with Crippen LogP contribution in [0.25, 0.3) is 22.5 Å². The van der Waals surface area contributed by atoms with Gasteiger partial charge in [-0.15, -0.1) is 0 Å². The number of hydrogen-bond donors (Lipinski definition) is 1. The van der Waals surface area contributed by atoms with Crippen LogP contribution in [0.15, 0.2) is 60.7 Å². The minimum absolute atomic E-state index is 0.227. The topological polar surface area (TPSA) is 59.4 Å². The van der Waals surface area contributed by atoms with E-state index >= 15 is 0 Å². The first-order valence-electron chi connectivity index (χ1n) is 8.33. The van der Waals surface area contributed by atoms with Gasteiger partial charge >= 0.3 is 6.16 Å². The average Bonchev–Trinajstić information content (AvgIpc) is 2.62. The van der Waals surface area contributed by atoms with Gasteiger partial charge in [-0.05, 0) is 24.1 Å². The maximum atomic E-state index is 11.0. The minimum atomic E-state index is -1.36. The summed E-state index contributed by atoms with van der Waals surface area (Å²) >= 11 is 5.94. The van der Waals surface area contributed by atoms with E-state index in [-0.39, 0.29) is 5.75 Å². The minimum Gasteiger partial charge on any atom is -0.449 e. The van der Waals surface area contributed by atoms with E-state index in [1.165, 1.54) is 5.56 Å². The fraction of sp³-hybridized carbons (Fsp3) is 0.143. The van der Waals surface area contributed by atoms with Crippen molar-refractivity contribution >= 4 is 17.8 Å². The molecule has 1 N–H and O–H groups in total. The summed E-state index contributed by atoms with van der Waals surface area (Å²) < 4.78 is 4.88. The summed E-state index contributed by atoms with van der Waals surface area (Å²) in [5.41, 5.74) is 4.25. The van der Waals surface area contributed by atoms with Crippen molar-refractivity contribution in [3.05, 3.63) is 71.2 Å². The third kappa shape index (κ3) is 4.41. The third-order valence-electron chi connectivity index (χ3n) is 3.93. The van der Waals surface area contributed by atoms with Gasteiger partial charge in [0.05, 0.1) is 11.4 Å². The molecule has 0 amide bonds. The molecule has 0 fully saturated rings. The Morgan fingerprint density at radius 3 is 2.04 bits per heavy atom. The van der Waals surface area contributed by atoms with Gasteiger partial charge in [0.25, 0.3) is 0 Å². The highest BCUT2D eigenvalue weighted by Gasteiger charge is 2.10. The summed E-state index contributed by atoms with van der Waals surface area (Å²) in [6.07, 6.45) is 0.745. The van der Waals surface area contributed by atoms with Gasteiger partial charge in [0, 0.05) is 28.3 Å². The normalized spacial score (nSPS) is 10.5. The summed E-state index contributed by atoms with van der Waals surface area (Å²) in [6, 6.07) is 18.5. The number of hydrogen-bond acceptors (Lipinski definition) is 3. The highest BCUT2D eigenvalue weighted by atomic mass is 35.5. The highest BCUT2D eigenvalue weighted by molar-refractivity contribution is 6.30. The standard InChI is InChI=1S/C21H18ClNO3/c1-2-3-14-4-6-15(7-5-14)19-12-18(26-21(24)25)13-20(23-19)16-8-10-17(22)11-9-16/h4-13H,2-3H2,1H3,(H,24,25). The van der Waals surface area contributed by atoms with Crippen molar-refractivity contribution in [3.63, 3.8) is 0 Å². The zero-order valence-corrected chi connectivity index (χ0v) is 15.0. The number of halogens is 1. The first-order valence-corrected chi connectivity index (χ1v) is 8.71. The van der Waals surface area contributed by atoms with Crippen molar-refractivity contribution in [1.82, 2.24) is 4.98 Å². The quantitative estimate of drug-likeness (QED) is 0.555. The van der Waals surface area contributed by atoms with Crippen LogP contribution in [0.1, 0.15) is 18.9 Å². The van der Waals surface area contributed by atoms with Crippen LogP contribution in [-0.4, -0.2) is 16.2 Å². The average molecular weight is 368 g/mol. The number of carboxylic acid groups (broad SMARTS) is 1. The van der Waals surface area contributed by atoms with Gasteiger partial charge in [-0.2, -0.15) is 0 Å². The first kappa shape index (κ1) is 18.0. The lowest BCUT2D eigenvalue weighted by atomic mass is 10.0. The van der Waals surface area contributed by atoms with E-state index in [2.05, 4.69) is 24.0 Å². The Morgan fingerprint density at radius 2 is 1.54 bits per heavy atom. The molecule has 4 nitrogen and oxygen atoms in total. The monoisotopic (exact) mass is 367 g/mol. The predicted molar refractivity (Wildman–Crippen MR) is 103 cm³/mol. The molecule has 0 saturated carbocycles. The van der Waals surface area contributed by atoms with E-state index in [9.17, 15) is 4.79 Å². The second kappa shape index (κ2) is 8.02. The summed E-state index contributed by atoms with van der Waals surface area (Å²) in [7, 11) is 0. The number of nitrogens with zero attached hydrogens (tertiary/aromatic N) is 1. The van der Waals surface area contributed by atoms with Crippen molar-refractivity contribution in [2.45, 2.75) is 19.8 Å². The molecule has 0 aliphatic heterocycles. The Kier molecular flexibility index (Phi) is 5.54. The molecule has 0 aliphatic carbocycles. The molecule has 0 unspecified atom stereocenters. The second-order valence-electron chi connectivity index (χ2n) is 5.90. The Bertz CT molecular complexity index is 906. The molecule has 3 aromatic rings. The number of ether oxygens (including phenoxy) is 1. The SMILES string of the molecule is CCCc1ccc(-c2cc(OC(=O)O)cc(-c3ccc(Cl)cc3)n2)cc1. The lowest BCUT2D eigenvalue weighted by Crippen LogP contribution is -2.04. The predicted octanol–water partition coefficient (Wildman–Crippen LogP) is 6.08. The van der Waals surface area contributed by atoms with E-state index in [4.69, 9.17) is 21.4 Å². The molecule has 132 valence electrons. The van der Waals surface area contributed by atoms with Crippen LogP contribution < -0.4 is 4.74 Å². The molecule has 1 heterocycles. The third-order valence-corrected chi connectivity index (χ3v) is 4.18. The number of carbonyl (C=O) groups is 1. The fourth-order valence-corrected chi connectivity index (χ4v) is 2.84. The van der Waals surface area contributed by atoms with Crippen molar-refractivity contribution in [3.8, 4) is 28.3 Å². The Hall–Kier alpha value is -2.85. The van der Waals surface area contributed by atoms with Crippen LogP contribution in [0, 0.1) is 0 Å². The molecule has 0 atom stereocenters. The number of aromatic nitrogens is 1. The van der Waals surface area contributed by atoms with Gasteiger partial charge in [0.15, 0.2) is 0 Å². The molecule has 3 rings (SSSR count). The highest BCUT2D eigenvalue weighted by Crippen LogP contribution is 2.29. The number of pyridine rings is 1. The molecule has 0 bridgehead atoms. The number of aryl methyl sites for hydroxylation is 1. The summed E-state index contributed by atoms with van der Waals surface area (Å²) in [6.45, 7) is 2.14. The second-order valence-corrected chi connectivity index (χ2v) is 6.33. The van der Waals surface area contributed by atoms with Gasteiger partial charge in [-0.3, -0.25) is 0 Å². The molecule has 0 spiro atoms. The van der Waals surface area contributed by atoms with Crippen LogP contribution in [0.4, 0.5) is 4.79 Å². The summed E-state index contributed by atoms with van der Waals surface area (Å²) in [5, 5.41) is 9.59. The van der Waals surface area contributed by atoms with Crippen molar-refractivity contribution in [1.29, 1.82) is 0 Å². The lowest BCUT2D eigenvalue weighted by molar-refractivity contribution is 0.144. The molecule has 0 aliphatic rings. The van der Waals surface area contributed by atoms with Gasteiger partial charge in [0.1, 0.15) is 5.75 Å². The van der Waals surface area contributed by atoms with Crippen molar-refractivity contribution in [2.75, 3.05) is 0 Å². The maximum Gasteiger partial charge on any atom is 0.511 e. The summed E-state index contributed by atoms with van der Waals surface area (Å²) in [4.78, 5) is 15.6. The molecule has 2 aromatic carbocycles. The van der Waals surface area contributed by atoms with Crippen LogP contribution in [0.3, 0.4) is 0 Å². The van der Waals surface area contributed by atoms with Crippen LogP contribution in [-0.2, 0) is 6.42 Å². The Morgan fingerprint density at radius 1 is 1.00 bits per heavy atom. The Labute approximate surface area is 157 Å². The maximum absolute atomic E-state index is 11.0. The van der Waals surface area contributed by atoms with Gasteiger partial charge in [-0.1, -0.05) is 61.3 Å². The number of rotatable bonds is 5. The number of benzene rings is 2. The van der Waals surface area contributed by atoms with E-state index in [0.717, 1.165) is 24.0 Å². The van der Waals surface area contributed by atoms with Gasteiger partial charge in [0.2, 0.25) is 0 Å². The lowest BCUT2D eigenvalue weighted by Gasteiger charge is -2.09. The first-order chi connectivity index (χ1) is 12.5. The van der Waals surface area contributed by atoms with Crippen molar-refractivity contribution < 1.29 is 14.6 Å². The van der Waals surface area contributed by atoms with Crippen molar-refractivity contribution in [2.24, 2.45) is 0 Å². The van der Waals surface area contributed by atoms with E-state index in [1.54, 1.807) is 24.3 Å². The molecular weight excluding hydrogens is 350 g/mol.